The molecule has 0 saturated carbocycles. The number of carbonyl (C=O) groups excluding carboxylic acids is 1. The summed E-state index contributed by atoms with van der Waals surface area (Å²) < 4.78 is 5.58. The van der Waals surface area contributed by atoms with E-state index >= 15 is 0 Å². The maximum atomic E-state index is 11.2. The number of benzene rings is 1. The minimum Gasteiger partial charge on any atom is -0.469 e. The first-order valence-electron chi connectivity index (χ1n) is 4.90. The Bertz CT molecular complexity index is 449. The number of nitriles is 1. The second-order valence-corrected chi connectivity index (χ2v) is 4.41. The van der Waals surface area contributed by atoms with Crippen molar-refractivity contribution >= 4 is 28.6 Å². The van der Waals surface area contributed by atoms with E-state index in [1.807, 2.05) is 13.0 Å². The maximum Gasteiger partial charge on any atom is 0.309 e. The lowest BCUT2D eigenvalue weighted by Gasteiger charge is -2.07. The zero-order valence-electron chi connectivity index (χ0n) is 9.21. The molecule has 0 unspecified atom stereocenters. The molecule has 0 aromatic heterocycles. The van der Waals surface area contributed by atoms with Crippen molar-refractivity contribution in [3.05, 3.63) is 32.4 Å². The van der Waals surface area contributed by atoms with Crippen molar-refractivity contribution in [3.63, 3.8) is 0 Å². The lowest BCUT2D eigenvalue weighted by Crippen LogP contribution is -2.06. The third kappa shape index (κ3) is 2.95. The molecule has 0 atom stereocenters. The van der Waals surface area contributed by atoms with Crippen LogP contribution < -0.4 is 0 Å². The SMILES string of the molecule is CCc1cc(CC(=O)OC)cc(C#N)c1I. The van der Waals surface area contributed by atoms with Crippen LogP contribution in [-0.4, -0.2) is 13.1 Å². The number of ether oxygens (including phenoxy) is 1. The second kappa shape index (κ2) is 5.85. The number of carbonyl (C=O) groups is 1. The van der Waals surface area contributed by atoms with Gasteiger partial charge in [0.15, 0.2) is 0 Å². The lowest BCUT2D eigenvalue weighted by molar-refractivity contribution is -0.139. The van der Waals surface area contributed by atoms with Crippen molar-refractivity contribution < 1.29 is 9.53 Å². The van der Waals surface area contributed by atoms with Gasteiger partial charge in [0.25, 0.3) is 0 Å². The highest BCUT2D eigenvalue weighted by molar-refractivity contribution is 14.1. The fraction of sp³-hybridized carbons (Fsp3) is 0.333. The van der Waals surface area contributed by atoms with Crippen LogP contribution in [0.4, 0.5) is 0 Å². The molecule has 1 rings (SSSR count). The van der Waals surface area contributed by atoms with Crippen molar-refractivity contribution in [2.75, 3.05) is 7.11 Å². The van der Waals surface area contributed by atoms with Gasteiger partial charge in [-0.15, -0.1) is 0 Å². The number of aryl methyl sites for hydroxylation is 1. The van der Waals surface area contributed by atoms with E-state index in [0.29, 0.717) is 5.56 Å². The van der Waals surface area contributed by atoms with E-state index in [9.17, 15) is 4.79 Å². The summed E-state index contributed by atoms with van der Waals surface area (Å²) in [7, 11) is 1.36. The van der Waals surface area contributed by atoms with Gasteiger partial charge in [-0.1, -0.05) is 13.0 Å². The molecule has 1 aromatic rings. The molecule has 0 amide bonds. The van der Waals surface area contributed by atoms with Gasteiger partial charge in [0.2, 0.25) is 0 Å². The molecule has 0 fully saturated rings. The minimum atomic E-state index is -0.285. The van der Waals surface area contributed by atoms with Gasteiger partial charge >= 0.3 is 5.97 Å². The highest BCUT2D eigenvalue weighted by Gasteiger charge is 2.10. The number of hydrogen-bond donors (Lipinski definition) is 0. The fourth-order valence-electron chi connectivity index (χ4n) is 1.43. The quantitative estimate of drug-likeness (QED) is 0.632. The highest BCUT2D eigenvalue weighted by Crippen LogP contribution is 2.20. The number of nitrogens with zero attached hydrogens (tertiary/aromatic N) is 1. The molecule has 4 heteroatoms. The van der Waals surface area contributed by atoms with Crippen LogP contribution in [0.3, 0.4) is 0 Å². The van der Waals surface area contributed by atoms with E-state index in [1.165, 1.54) is 7.11 Å². The predicted molar refractivity (Wildman–Crippen MR) is 69.0 cm³/mol. The van der Waals surface area contributed by atoms with Crippen LogP contribution >= 0.6 is 22.6 Å². The smallest absolute Gasteiger partial charge is 0.309 e. The fourth-order valence-corrected chi connectivity index (χ4v) is 2.24. The van der Waals surface area contributed by atoms with E-state index in [0.717, 1.165) is 21.1 Å². The minimum absolute atomic E-state index is 0.217. The molecule has 1 aromatic carbocycles. The molecule has 84 valence electrons. The first-order chi connectivity index (χ1) is 7.62. The summed E-state index contributed by atoms with van der Waals surface area (Å²) in [4.78, 5) is 11.2. The summed E-state index contributed by atoms with van der Waals surface area (Å²) in [5, 5.41) is 8.98. The molecule has 0 aliphatic heterocycles. The monoisotopic (exact) mass is 329 g/mol. The van der Waals surface area contributed by atoms with Crippen molar-refractivity contribution in [2.45, 2.75) is 19.8 Å². The molecular weight excluding hydrogens is 317 g/mol. The maximum absolute atomic E-state index is 11.2. The van der Waals surface area contributed by atoms with Crippen LogP contribution in [0.15, 0.2) is 12.1 Å². The first-order valence-corrected chi connectivity index (χ1v) is 5.98. The second-order valence-electron chi connectivity index (χ2n) is 3.33. The number of halogens is 1. The van der Waals surface area contributed by atoms with Crippen molar-refractivity contribution in [1.82, 2.24) is 0 Å². The predicted octanol–water partition coefficient (Wildman–Crippen LogP) is 2.44. The molecule has 0 bridgehead atoms. The summed E-state index contributed by atoms with van der Waals surface area (Å²) in [5.41, 5.74) is 2.55. The van der Waals surface area contributed by atoms with E-state index < -0.39 is 0 Å². The van der Waals surface area contributed by atoms with Crippen LogP contribution in [0.5, 0.6) is 0 Å². The number of hydrogen-bond acceptors (Lipinski definition) is 3. The average molecular weight is 329 g/mol. The first kappa shape index (κ1) is 13.0. The average Bonchev–Trinajstić information content (AvgIpc) is 2.30. The van der Waals surface area contributed by atoms with E-state index in [-0.39, 0.29) is 12.4 Å². The molecule has 0 spiro atoms. The Kier molecular flexibility index (Phi) is 4.74. The Balaban J connectivity index is 3.13. The van der Waals surface area contributed by atoms with Gasteiger partial charge in [0.05, 0.1) is 19.1 Å². The molecule has 0 radical (unpaired) electrons. The normalized spacial score (nSPS) is 9.62. The summed E-state index contributed by atoms with van der Waals surface area (Å²) in [5.74, 6) is -0.285. The third-order valence-corrected chi connectivity index (χ3v) is 3.56. The highest BCUT2D eigenvalue weighted by atomic mass is 127. The van der Waals surface area contributed by atoms with Crippen LogP contribution in [0.25, 0.3) is 0 Å². The van der Waals surface area contributed by atoms with Crippen LogP contribution in [0.2, 0.25) is 0 Å². The van der Waals surface area contributed by atoms with E-state index in [2.05, 4.69) is 33.4 Å². The summed E-state index contributed by atoms with van der Waals surface area (Å²) in [6, 6.07) is 5.85. The molecule has 0 heterocycles. The van der Waals surface area contributed by atoms with Gasteiger partial charge in [-0.25, -0.2) is 0 Å². The van der Waals surface area contributed by atoms with Crippen molar-refractivity contribution in [1.29, 1.82) is 5.26 Å². The van der Waals surface area contributed by atoms with Gasteiger partial charge in [-0.3, -0.25) is 4.79 Å². The standard InChI is InChI=1S/C12H12INO2/c1-3-9-4-8(6-11(15)16-2)5-10(7-14)12(9)13/h4-5H,3,6H2,1-2H3. The van der Waals surface area contributed by atoms with Gasteiger partial charge in [0, 0.05) is 3.57 Å². The molecule has 0 aliphatic rings. The summed E-state index contributed by atoms with van der Waals surface area (Å²) in [6.07, 6.45) is 1.07. The van der Waals surface area contributed by atoms with Crippen LogP contribution in [0, 0.1) is 14.9 Å². The van der Waals surface area contributed by atoms with Gasteiger partial charge < -0.3 is 4.74 Å². The molecule has 0 N–H and O–H groups in total. The number of rotatable bonds is 3. The topological polar surface area (TPSA) is 50.1 Å². The van der Waals surface area contributed by atoms with Crippen LogP contribution in [-0.2, 0) is 22.4 Å². The largest absolute Gasteiger partial charge is 0.469 e. The van der Waals surface area contributed by atoms with Crippen molar-refractivity contribution in [3.8, 4) is 6.07 Å². The number of esters is 1. The zero-order chi connectivity index (χ0) is 12.1. The Hall–Kier alpha value is -1.09. The third-order valence-electron chi connectivity index (χ3n) is 2.29. The Morgan fingerprint density at radius 1 is 1.56 bits per heavy atom. The Morgan fingerprint density at radius 2 is 2.25 bits per heavy atom. The molecular formula is C12H12INO2. The molecule has 3 nitrogen and oxygen atoms in total. The lowest BCUT2D eigenvalue weighted by atomic mass is 10.0. The molecule has 0 aliphatic carbocycles. The van der Waals surface area contributed by atoms with Gasteiger partial charge in [-0.05, 0) is 46.2 Å². The van der Waals surface area contributed by atoms with E-state index in [4.69, 9.17) is 5.26 Å². The summed E-state index contributed by atoms with van der Waals surface area (Å²) in [6.45, 7) is 2.03. The summed E-state index contributed by atoms with van der Waals surface area (Å²) >= 11 is 2.16. The molecule has 0 saturated heterocycles. The number of methoxy groups -OCH3 is 1. The Morgan fingerprint density at radius 3 is 2.75 bits per heavy atom. The zero-order valence-corrected chi connectivity index (χ0v) is 11.4. The van der Waals surface area contributed by atoms with Gasteiger partial charge in [0.1, 0.15) is 6.07 Å². The van der Waals surface area contributed by atoms with E-state index in [1.54, 1.807) is 6.07 Å². The molecule has 16 heavy (non-hydrogen) atoms. The Labute approximate surface area is 109 Å². The van der Waals surface area contributed by atoms with Crippen molar-refractivity contribution in [2.24, 2.45) is 0 Å². The van der Waals surface area contributed by atoms with Gasteiger partial charge in [-0.2, -0.15) is 5.26 Å². The van der Waals surface area contributed by atoms with Crippen LogP contribution in [0.1, 0.15) is 23.6 Å².